The maximum atomic E-state index is 4.29. The molecule has 0 amide bonds. The monoisotopic (exact) mass is 340 g/mol. The number of aromatic nitrogens is 5. The van der Waals surface area contributed by atoms with E-state index in [0.717, 1.165) is 32.5 Å². The number of aryl methyl sites for hydroxylation is 1. The predicted octanol–water partition coefficient (Wildman–Crippen LogP) is 4.01. The fraction of sp³-hybridized carbons (Fsp3) is 0.0667. The third-order valence-corrected chi connectivity index (χ3v) is 4.95. The fourth-order valence-electron chi connectivity index (χ4n) is 2.10. The van der Waals surface area contributed by atoms with Crippen molar-refractivity contribution in [3.8, 4) is 0 Å². The lowest BCUT2D eigenvalue weighted by molar-refractivity contribution is 0.931. The second-order valence-electron chi connectivity index (χ2n) is 4.92. The largest absolute Gasteiger partial charge is 0.339 e. The molecule has 23 heavy (non-hydrogen) atoms. The zero-order chi connectivity index (χ0) is 15.6. The summed E-state index contributed by atoms with van der Waals surface area (Å²) in [6.45, 7) is 1.99. The summed E-state index contributed by atoms with van der Waals surface area (Å²) in [6, 6.07) is 8.17. The number of fused-ring (bicyclic) bond motifs is 1. The molecule has 0 atom stereocenters. The molecule has 0 saturated carbocycles. The molecule has 2 N–H and O–H groups in total. The number of benzene rings is 1. The highest BCUT2D eigenvalue weighted by molar-refractivity contribution is 7.99. The van der Waals surface area contributed by atoms with Crippen molar-refractivity contribution in [3.05, 3.63) is 47.7 Å². The first-order valence-electron chi connectivity index (χ1n) is 6.89. The smallest absolute Gasteiger partial charge is 0.128 e. The van der Waals surface area contributed by atoms with Crippen molar-refractivity contribution in [1.82, 2.24) is 25.4 Å². The van der Waals surface area contributed by atoms with Gasteiger partial charge in [-0.3, -0.25) is 5.10 Å². The van der Waals surface area contributed by atoms with E-state index in [2.05, 4.69) is 36.8 Å². The molecule has 0 radical (unpaired) electrons. The van der Waals surface area contributed by atoms with Gasteiger partial charge in [0, 0.05) is 10.5 Å². The van der Waals surface area contributed by atoms with Gasteiger partial charge in [-0.15, -0.1) is 16.4 Å². The van der Waals surface area contributed by atoms with E-state index in [9.17, 15) is 0 Å². The number of H-pyrrole nitrogens is 1. The summed E-state index contributed by atoms with van der Waals surface area (Å²) in [4.78, 5) is 5.41. The maximum Gasteiger partial charge on any atom is 0.128 e. The Morgan fingerprint density at radius 3 is 3.04 bits per heavy atom. The van der Waals surface area contributed by atoms with Crippen LogP contribution in [0.1, 0.15) is 5.56 Å². The molecule has 0 fully saturated rings. The summed E-state index contributed by atoms with van der Waals surface area (Å²) in [6.07, 6.45) is 3.47. The molecule has 114 valence electrons. The van der Waals surface area contributed by atoms with Crippen LogP contribution in [0.3, 0.4) is 0 Å². The van der Waals surface area contributed by atoms with Crippen molar-refractivity contribution in [2.24, 2.45) is 0 Å². The summed E-state index contributed by atoms with van der Waals surface area (Å²) >= 11 is 3.21. The predicted molar refractivity (Wildman–Crippen MR) is 92.4 cm³/mol. The summed E-state index contributed by atoms with van der Waals surface area (Å²) in [7, 11) is 0. The van der Waals surface area contributed by atoms with Crippen molar-refractivity contribution in [2.45, 2.75) is 16.8 Å². The van der Waals surface area contributed by atoms with E-state index in [1.165, 1.54) is 4.70 Å². The van der Waals surface area contributed by atoms with Gasteiger partial charge in [-0.25, -0.2) is 4.98 Å². The molecule has 0 aliphatic carbocycles. The van der Waals surface area contributed by atoms with Gasteiger partial charge in [0.25, 0.3) is 0 Å². The average Bonchev–Trinajstić information content (AvgIpc) is 3.17. The number of nitrogens with one attached hydrogen (secondary N) is 2. The molecule has 1 aromatic carbocycles. The van der Waals surface area contributed by atoms with Gasteiger partial charge < -0.3 is 5.32 Å². The minimum absolute atomic E-state index is 0.830. The topological polar surface area (TPSA) is 79.4 Å². The van der Waals surface area contributed by atoms with Crippen LogP contribution in [-0.2, 0) is 0 Å². The molecule has 4 rings (SSSR count). The highest BCUT2D eigenvalue weighted by Crippen LogP contribution is 2.31. The number of anilines is 2. The molecular formula is C15H12N6S2. The number of rotatable bonds is 4. The van der Waals surface area contributed by atoms with Crippen molar-refractivity contribution in [3.63, 3.8) is 0 Å². The number of aromatic amines is 1. The second-order valence-corrected chi connectivity index (χ2v) is 6.90. The zero-order valence-electron chi connectivity index (χ0n) is 12.1. The van der Waals surface area contributed by atoms with Gasteiger partial charge >= 0.3 is 0 Å². The molecule has 0 saturated heterocycles. The lowest BCUT2D eigenvalue weighted by Crippen LogP contribution is -1.95. The Morgan fingerprint density at radius 2 is 2.17 bits per heavy atom. The third kappa shape index (κ3) is 3.03. The number of thiazole rings is 1. The first-order valence-corrected chi connectivity index (χ1v) is 8.58. The van der Waals surface area contributed by atoms with Crippen molar-refractivity contribution < 1.29 is 0 Å². The van der Waals surface area contributed by atoms with E-state index in [-0.39, 0.29) is 0 Å². The first-order chi connectivity index (χ1) is 11.3. The van der Waals surface area contributed by atoms with E-state index in [0.29, 0.717) is 0 Å². The van der Waals surface area contributed by atoms with Crippen LogP contribution in [0.4, 0.5) is 11.5 Å². The minimum atomic E-state index is 0.830. The van der Waals surface area contributed by atoms with Crippen LogP contribution in [0, 0.1) is 6.92 Å². The highest BCUT2D eigenvalue weighted by Gasteiger charge is 2.06. The van der Waals surface area contributed by atoms with Crippen molar-refractivity contribution in [1.29, 1.82) is 0 Å². The van der Waals surface area contributed by atoms with E-state index >= 15 is 0 Å². The van der Waals surface area contributed by atoms with E-state index in [1.54, 1.807) is 35.5 Å². The summed E-state index contributed by atoms with van der Waals surface area (Å²) in [5.41, 5.74) is 4.80. The molecule has 3 heterocycles. The molecule has 4 aromatic rings. The van der Waals surface area contributed by atoms with Gasteiger partial charge in [-0.2, -0.15) is 10.2 Å². The van der Waals surface area contributed by atoms with Crippen molar-refractivity contribution in [2.75, 3.05) is 5.32 Å². The number of hydrogen-bond acceptors (Lipinski definition) is 7. The molecule has 0 bridgehead atoms. The van der Waals surface area contributed by atoms with Crippen molar-refractivity contribution >= 4 is 44.8 Å². The summed E-state index contributed by atoms with van der Waals surface area (Å²) in [5.74, 6) is 0.861. The third-order valence-electron chi connectivity index (χ3n) is 3.26. The Labute approximate surface area is 140 Å². The van der Waals surface area contributed by atoms with E-state index < -0.39 is 0 Å². The molecule has 8 heteroatoms. The summed E-state index contributed by atoms with van der Waals surface area (Å²) < 4.78 is 1.17. The number of hydrogen-bond donors (Lipinski definition) is 2. The molecule has 0 spiro atoms. The highest BCUT2D eigenvalue weighted by atomic mass is 32.2. The molecule has 0 unspecified atom stereocenters. The molecule has 0 aliphatic heterocycles. The molecule has 0 aliphatic rings. The molecular weight excluding hydrogens is 328 g/mol. The molecule has 6 nitrogen and oxygen atoms in total. The van der Waals surface area contributed by atoms with Crippen LogP contribution in [0.25, 0.3) is 10.2 Å². The quantitative estimate of drug-likeness (QED) is 0.584. The Kier molecular flexibility index (Phi) is 3.68. The van der Waals surface area contributed by atoms with Crippen LogP contribution in [-0.4, -0.2) is 25.4 Å². The Balaban J connectivity index is 1.57. The lowest BCUT2D eigenvalue weighted by atomic mass is 10.3. The van der Waals surface area contributed by atoms with Gasteiger partial charge in [0.2, 0.25) is 0 Å². The Bertz CT molecular complexity index is 961. The Hall–Kier alpha value is -2.45. The summed E-state index contributed by atoms with van der Waals surface area (Å²) in [5, 5.41) is 19.3. The minimum Gasteiger partial charge on any atom is -0.339 e. The standard InChI is InChI=1S/C15H12N6S2/c1-9-6-17-21-15(9)19-10-4-14(20-18-7-10)23-11-2-3-12-13(5-11)22-8-16-12/h2-8H,1H3,(H2,17,19,20,21). The van der Waals surface area contributed by atoms with Crippen LogP contribution in [0.2, 0.25) is 0 Å². The zero-order valence-corrected chi connectivity index (χ0v) is 13.8. The van der Waals surface area contributed by atoms with Crippen LogP contribution in [0.15, 0.2) is 52.1 Å². The number of nitrogens with zero attached hydrogens (tertiary/aromatic N) is 4. The van der Waals surface area contributed by atoms with E-state index in [4.69, 9.17) is 0 Å². The SMILES string of the molecule is Cc1cn[nH]c1Nc1cnnc(Sc2ccc3ncsc3c2)c1. The normalized spacial score (nSPS) is 11.0. The van der Waals surface area contributed by atoms with Crippen LogP contribution < -0.4 is 5.32 Å². The van der Waals surface area contributed by atoms with Gasteiger partial charge in [0.1, 0.15) is 10.8 Å². The fourth-order valence-corrected chi connectivity index (χ4v) is 3.72. The maximum absolute atomic E-state index is 4.29. The van der Waals surface area contributed by atoms with Crippen LogP contribution >= 0.6 is 23.1 Å². The second kappa shape index (κ2) is 5.98. The van der Waals surface area contributed by atoms with Gasteiger partial charge in [0.15, 0.2) is 0 Å². The van der Waals surface area contributed by atoms with Gasteiger partial charge in [0.05, 0.1) is 33.8 Å². The van der Waals surface area contributed by atoms with Crippen LogP contribution in [0.5, 0.6) is 0 Å². The van der Waals surface area contributed by atoms with Gasteiger partial charge in [-0.1, -0.05) is 11.8 Å². The van der Waals surface area contributed by atoms with E-state index in [1.807, 2.05) is 30.6 Å². The lowest BCUT2D eigenvalue weighted by Gasteiger charge is -2.06. The Morgan fingerprint density at radius 1 is 1.22 bits per heavy atom. The molecule has 3 aromatic heterocycles. The average molecular weight is 340 g/mol. The van der Waals surface area contributed by atoms with Gasteiger partial charge in [-0.05, 0) is 31.2 Å². The first kappa shape index (κ1) is 14.2.